The molecule has 1 aliphatic carbocycles. The molecule has 27 heavy (non-hydrogen) atoms. The van der Waals surface area contributed by atoms with Crippen molar-refractivity contribution in [1.29, 1.82) is 0 Å². The molecule has 5 nitrogen and oxygen atoms in total. The number of rotatable bonds is 7. The van der Waals surface area contributed by atoms with Crippen LogP contribution in [0.15, 0.2) is 59.6 Å². The van der Waals surface area contributed by atoms with Gasteiger partial charge in [-0.25, -0.2) is 0 Å². The number of nitrogens with two attached hydrogens (primary N) is 1. The van der Waals surface area contributed by atoms with E-state index in [9.17, 15) is 5.11 Å². The van der Waals surface area contributed by atoms with Gasteiger partial charge in [0.15, 0.2) is 5.96 Å². The lowest BCUT2D eigenvalue weighted by Crippen LogP contribution is -2.31. The summed E-state index contributed by atoms with van der Waals surface area (Å²) in [6.45, 7) is 0.869. The van der Waals surface area contributed by atoms with Crippen LogP contribution >= 0.6 is 0 Å². The Morgan fingerprint density at radius 3 is 2.52 bits per heavy atom. The number of ether oxygens (including phenoxy) is 1. The first kappa shape index (κ1) is 19.2. The molecule has 2 aromatic rings. The standard InChI is InChI=1S/C22H29N3O2/c23-21(24-17-22(14-15-26)12-5-2-6-13-22)25-18-8-7-11-20(16-18)27-19-9-3-1-4-10-19/h1,3-4,7-11,16,26H,2,5-6,12-15,17H2,(H3,23,24,25). The molecule has 0 amide bonds. The highest BCUT2D eigenvalue weighted by Gasteiger charge is 2.31. The summed E-state index contributed by atoms with van der Waals surface area (Å²) in [4.78, 5) is 4.58. The fraction of sp³-hybridized carbons (Fsp3) is 0.409. The van der Waals surface area contributed by atoms with Crippen LogP contribution < -0.4 is 15.8 Å². The number of guanidine groups is 1. The number of hydrogen-bond donors (Lipinski definition) is 3. The second-order valence-electron chi connectivity index (χ2n) is 7.30. The van der Waals surface area contributed by atoms with E-state index in [0.717, 1.165) is 36.4 Å². The van der Waals surface area contributed by atoms with Gasteiger partial charge in [0.25, 0.3) is 0 Å². The maximum absolute atomic E-state index is 9.43. The summed E-state index contributed by atoms with van der Waals surface area (Å²) < 4.78 is 5.86. The number of aliphatic hydroxyl groups is 1. The maximum atomic E-state index is 9.43. The lowest BCUT2D eigenvalue weighted by atomic mass is 9.72. The first-order valence-electron chi connectivity index (χ1n) is 9.70. The fourth-order valence-electron chi connectivity index (χ4n) is 3.73. The molecule has 0 spiro atoms. The number of para-hydroxylation sites is 1. The van der Waals surface area contributed by atoms with Crippen LogP contribution in [0, 0.1) is 5.41 Å². The fourth-order valence-corrected chi connectivity index (χ4v) is 3.73. The lowest BCUT2D eigenvalue weighted by molar-refractivity contribution is 0.137. The molecule has 0 saturated heterocycles. The Kier molecular flexibility index (Phi) is 6.71. The number of hydrogen-bond acceptors (Lipinski definition) is 3. The molecular formula is C22H29N3O2. The van der Waals surface area contributed by atoms with Crippen LogP contribution in [-0.2, 0) is 0 Å². The van der Waals surface area contributed by atoms with Crippen molar-refractivity contribution in [2.75, 3.05) is 18.5 Å². The Morgan fingerprint density at radius 1 is 1.04 bits per heavy atom. The van der Waals surface area contributed by atoms with Crippen molar-refractivity contribution < 1.29 is 9.84 Å². The molecule has 4 N–H and O–H groups in total. The molecular weight excluding hydrogens is 338 g/mol. The molecule has 0 bridgehead atoms. The van der Waals surface area contributed by atoms with E-state index in [2.05, 4.69) is 10.3 Å². The largest absolute Gasteiger partial charge is 0.457 e. The first-order chi connectivity index (χ1) is 13.2. The number of aliphatic imine (C=N–C) groups is 1. The highest BCUT2D eigenvalue weighted by molar-refractivity contribution is 5.92. The van der Waals surface area contributed by atoms with E-state index in [0.29, 0.717) is 12.5 Å². The van der Waals surface area contributed by atoms with Gasteiger partial charge in [0.05, 0.1) is 0 Å². The highest BCUT2D eigenvalue weighted by atomic mass is 16.5. The summed E-state index contributed by atoms with van der Waals surface area (Å²) in [5, 5.41) is 12.6. The Balaban J connectivity index is 1.62. The zero-order valence-corrected chi connectivity index (χ0v) is 15.7. The van der Waals surface area contributed by atoms with Gasteiger partial charge in [0, 0.05) is 24.9 Å². The molecule has 0 unspecified atom stereocenters. The summed E-state index contributed by atoms with van der Waals surface area (Å²) in [7, 11) is 0. The summed E-state index contributed by atoms with van der Waals surface area (Å²) in [5.41, 5.74) is 7.05. The van der Waals surface area contributed by atoms with E-state index >= 15 is 0 Å². The zero-order valence-electron chi connectivity index (χ0n) is 15.7. The topological polar surface area (TPSA) is 79.9 Å². The Bertz CT molecular complexity index is 735. The summed E-state index contributed by atoms with van der Waals surface area (Å²) in [5.74, 6) is 1.93. The van der Waals surface area contributed by atoms with Crippen LogP contribution in [0.25, 0.3) is 0 Å². The van der Waals surface area contributed by atoms with Gasteiger partial charge in [-0.15, -0.1) is 0 Å². The third kappa shape index (κ3) is 5.73. The van der Waals surface area contributed by atoms with Crippen molar-refractivity contribution in [3.05, 3.63) is 54.6 Å². The molecule has 0 atom stereocenters. The maximum Gasteiger partial charge on any atom is 0.193 e. The molecule has 0 radical (unpaired) electrons. The first-order valence-corrected chi connectivity index (χ1v) is 9.70. The zero-order chi connectivity index (χ0) is 19.0. The van der Waals surface area contributed by atoms with Crippen molar-refractivity contribution in [2.24, 2.45) is 16.1 Å². The van der Waals surface area contributed by atoms with Gasteiger partial charge in [-0.05, 0) is 48.9 Å². The Morgan fingerprint density at radius 2 is 1.78 bits per heavy atom. The van der Waals surface area contributed by atoms with E-state index < -0.39 is 0 Å². The lowest BCUT2D eigenvalue weighted by Gasteiger charge is -2.35. The van der Waals surface area contributed by atoms with Crippen LogP contribution in [0.5, 0.6) is 11.5 Å². The second kappa shape index (κ2) is 9.42. The second-order valence-corrected chi connectivity index (χ2v) is 7.30. The van der Waals surface area contributed by atoms with Crippen molar-refractivity contribution in [2.45, 2.75) is 38.5 Å². The van der Waals surface area contributed by atoms with E-state index in [1.165, 1.54) is 19.3 Å². The molecule has 1 fully saturated rings. The normalized spacial score (nSPS) is 16.7. The molecule has 5 heteroatoms. The van der Waals surface area contributed by atoms with Crippen LogP contribution in [-0.4, -0.2) is 24.2 Å². The smallest absolute Gasteiger partial charge is 0.193 e. The Labute approximate surface area is 161 Å². The van der Waals surface area contributed by atoms with Gasteiger partial charge in [0.2, 0.25) is 0 Å². The minimum Gasteiger partial charge on any atom is -0.457 e. The van der Waals surface area contributed by atoms with Crippen molar-refractivity contribution >= 4 is 11.6 Å². The quantitative estimate of drug-likeness (QED) is 0.496. The third-order valence-corrected chi connectivity index (χ3v) is 5.23. The molecule has 0 aromatic heterocycles. The van der Waals surface area contributed by atoms with Crippen LogP contribution in [0.2, 0.25) is 0 Å². The van der Waals surface area contributed by atoms with Crippen LogP contribution in [0.1, 0.15) is 38.5 Å². The number of aliphatic hydroxyl groups excluding tert-OH is 1. The minimum atomic E-state index is 0.0948. The molecule has 1 saturated carbocycles. The van der Waals surface area contributed by atoms with Gasteiger partial charge in [-0.1, -0.05) is 43.5 Å². The summed E-state index contributed by atoms with van der Waals surface area (Å²) in [6, 6.07) is 17.3. The Hall–Kier alpha value is -2.53. The molecule has 1 aliphatic rings. The van der Waals surface area contributed by atoms with E-state index in [-0.39, 0.29) is 12.0 Å². The number of anilines is 1. The van der Waals surface area contributed by atoms with E-state index in [1.807, 2.05) is 54.6 Å². The summed E-state index contributed by atoms with van der Waals surface area (Å²) >= 11 is 0. The summed E-state index contributed by atoms with van der Waals surface area (Å²) in [6.07, 6.45) is 6.72. The average Bonchev–Trinajstić information content (AvgIpc) is 2.69. The molecule has 144 valence electrons. The van der Waals surface area contributed by atoms with Crippen LogP contribution in [0.3, 0.4) is 0 Å². The molecule has 2 aromatic carbocycles. The van der Waals surface area contributed by atoms with Crippen LogP contribution in [0.4, 0.5) is 5.69 Å². The van der Waals surface area contributed by atoms with Crippen molar-refractivity contribution in [3.63, 3.8) is 0 Å². The number of benzene rings is 2. The van der Waals surface area contributed by atoms with Gasteiger partial charge >= 0.3 is 0 Å². The van der Waals surface area contributed by atoms with E-state index in [1.54, 1.807) is 0 Å². The number of nitrogens with zero attached hydrogens (tertiary/aromatic N) is 1. The molecule has 3 rings (SSSR count). The number of nitrogens with one attached hydrogen (secondary N) is 1. The van der Waals surface area contributed by atoms with Crippen molar-refractivity contribution in [3.8, 4) is 11.5 Å². The molecule has 0 heterocycles. The van der Waals surface area contributed by atoms with Crippen molar-refractivity contribution in [1.82, 2.24) is 0 Å². The predicted molar refractivity (Wildman–Crippen MR) is 110 cm³/mol. The monoisotopic (exact) mass is 367 g/mol. The average molecular weight is 367 g/mol. The third-order valence-electron chi connectivity index (χ3n) is 5.23. The van der Waals surface area contributed by atoms with Gasteiger partial charge in [-0.3, -0.25) is 4.99 Å². The van der Waals surface area contributed by atoms with Gasteiger partial charge < -0.3 is 20.9 Å². The minimum absolute atomic E-state index is 0.0948. The van der Waals surface area contributed by atoms with Gasteiger partial charge in [0.1, 0.15) is 11.5 Å². The van der Waals surface area contributed by atoms with E-state index in [4.69, 9.17) is 10.5 Å². The SMILES string of the molecule is NC(=NCC1(CCO)CCCCC1)Nc1cccc(Oc2ccccc2)c1. The molecule has 0 aliphatic heterocycles. The highest BCUT2D eigenvalue weighted by Crippen LogP contribution is 2.39. The predicted octanol–water partition coefficient (Wildman–Crippen LogP) is 4.54. The van der Waals surface area contributed by atoms with Gasteiger partial charge in [-0.2, -0.15) is 0 Å².